The number of para-hydroxylation sites is 1. The number of thiocarbonyl (C=S) groups is 1. The van der Waals surface area contributed by atoms with Crippen molar-refractivity contribution in [3.63, 3.8) is 0 Å². The number of fused-ring (bicyclic) bond motifs is 2. The van der Waals surface area contributed by atoms with Crippen LogP contribution < -0.4 is 5.32 Å². The lowest BCUT2D eigenvalue weighted by molar-refractivity contribution is -0.129. The zero-order valence-corrected chi connectivity index (χ0v) is 20.4. The second-order valence-electron chi connectivity index (χ2n) is 8.26. The Balaban J connectivity index is 1.50. The summed E-state index contributed by atoms with van der Waals surface area (Å²) in [6.07, 6.45) is 1.91. The molecular weight excluding hydrogens is 460 g/mol. The molecule has 4 aromatic carbocycles. The average molecular weight is 483 g/mol. The maximum absolute atomic E-state index is 13.4. The van der Waals surface area contributed by atoms with E-state index in [1.165, 1.54) is 16.7 Å². The predicted octanol–water partition coefficient (Wildman–Crippen LogP) is 6.53. The maximum atomic E-state index is 13.4. The molecule has 1 saturated heterocycles. The van der Waals surface area contributed by atoms with Crippen LogP contribution in [0.3, 0.4) is 0 Å². The highest BCUT2D eigenvalue weighted by Crippen LogP contribution is 2.37. The SMILES string of the molecule is Cc1ccccc1NC(=O)C(C)N1C(=O)/C(=C/c2c3ccccc3cc3ccccc23)SC1=S. The molecule has 34 heavy (non-hydrogen) atoms. The fraction of sp³-hybridized carbons (Fsp3) is 0.107. The number of rotatable bonds is 4. The van der Waals surface area contributed by atoms with Crippen LogP contribution in [0.5, 0.6) is 0 Å². The number of benzene rings is 4. The maximum Gasteiger partial charge on any atom is 0.266 e. The van der Waals surface area contributed by atoms with E-state index in [1.807, 2.05) is 61.5 Å². The van der Waals surface area contributed by atoms with Gasteiger partial charge in [-0.15, -0.1) is 0 Å². The molecule has 0 radical (unpaired) electrons. The van der Waals surface area contributed by atoms with E-state index in [0.717, 1.165) is 38.4 Å². The molecule has 6 heteroatoms. The van der Waals surface area contributed by atoms with Gasteiger partial charge in [-0.05, 0) is 64.7 Å². The van der Waals surface area contributed by atoms with Crippen LogP contribution in [0.4, 0.5) is 5.69 Å². The van der Waals surface area contributed by atoms with Gasteiger partial charge in [0.2, 0.25) is 5.91 Å². The first-order valence-corrected chi connectivity index (χ1v) is 12.2. The van der Waals surface area contributed by atoms with Gasteiger partial charge in [-0.2, -0.15) is 0 Å². The van der Waals surface area contributed by atoms with Crippen LogP contribution in [0, 0.1) is 6.92 Å². The first-order valence-electron chi connectivity index (χ1n) is 11.0. The van der Waals surface area contributed by atoms with Crippen molar-refractivity contribution in [2.75, 3.05) is 5.32 Å². The summed E-state index contributed by atoms with van der Waals surface area (Å²) in [7, 11) is 0. The molecule has 1 heterocycles. The summed E-state index contributed by atoms with van der Waals surface area (Å²) in [5.74, 6) is -0.526. The number of aryl methyl sites for hydroxylation is 1. The van der Waals surface area contributed by atoms with Crippen LogP contribution in [-0.4, -0.2) is 27.1 Å². The van der Waals surface area contributed by atoms with Crippen LogP contribution in [0.1, 0.15) is 18.1 Å². The molecule has 5 rings (SSSR count). The van der Waals surface area contributed by atoms with Crippen LogP contribution in [0.25, 0.3) is 27.6 Å². The topological polar surface area (TPSA) is 49.4 Å². The van der Waals surface area contributed by atoms with E-state index in [1.54, 1.807) is 6.92 Å². The normalized spacial score (nSPS) is 15.9. The van der Waals surface area contributed by atoms with Crippen molar-refractivity contribution in [1.29, 1.82) is 0 Å². The van der Waals surface area contributed by atoms with E-state index in [-0.39, 0.29) is 11.8 Å². The van der Waals surface area contributed by atoms with Crippen molar-refractivity contribution in [3.8, 4) is 0 Å². The van der Waals surface area contributed by atoms with E-state index < -0.39 is 6.04 Å². The van der Waals surface area contributed by atoms with Crippen molar-refractivity contribution in [2.45, 2.75) is 19.9 Å². The number of amides is 2. The summed E-state index contributed by atoms with van der Waals surface area (Å²) in [5.41, 5.74) is 2.66. The van der Waals surface area contributed by atoms with E-state index >= 15 is 0 Å². The molecule has 1 N–H and O–H groups in total. The lowest BCUT2D eigenvalue weighted by Gasteiger charge is -2.22. The Morgan fingerprint density at radius 3 is 2.21 bits per heavy atom. The molecule has 168 valence electrons. The lowest BCUT2D eigenvalue weighted by atomic mass is 9.96. The fourth-order valence-corrected chi connectivity index (χ4v) is 5.62. The van der Waals surface area contributed by atoms with Crippen LogP contribution >= 0.6 is 24.0 Å². The second kappa shape index (κ2) is 9.05. The van der Waals surface area contributed by atoms with Gasteiger partial charge in [0.25, 0.3) is 5.91 Å². The zero-order valence-electron chi connectivity index (χ0n) is 18.7. The first kappa shape index (κ1) is 22.3. The molecule has 1 atom stereocenters. The van der Waals surface area contributed by atoms with Gasteiger partial charge in [0.1, 0.15) is 10.4 Å². The highest BCUT2D eigenvalue weighted by Gasteiger charge is 2.38. The molecule has 1 unspecified atom stereocenters. The summed E-state index contributed by atoms with van der Waals surface area (Å²) in [5, 5.41) is 7.26. The molecule has 4 aromatic rings. The molecule has 0 spiro atoms. The van der Waals surface area contributed by atoms with Crippen LogP contribution in [-0.2, 0) is 9.59 Å². The standard InChI is InChI=1S/C28H22N2O2S2/c1-17-9-3-8-14-24(17)29-26(31)18(2)30-27(32)25(34-28(30)33)16-23-21-12-6-4-10-19(21)15-20-11-5-7-13-22(20)23/h3-16,18H,1-2H3,(H,29,31)/b25-16-. The third kappa shape index (κ3) is 4.00. The smallest absolute Gasteiger partial charge is 0.266 e. The monoisotopic (exact) mass is 482 g/mol. The third-order valence-electron chi connectivity index (χ3n) is 6.08. The Labute approximate surface area is 207 Å². The molecule has 1 aliphatic rings. The van der Waals surface area contributed by atoms with Gasteiger partial charge in [0.15, 0.2) is 0 Å². The van der Waals surface area contributed by atoms with Gasteiger partial charge in [0.05, 0.1) is 4.91 Å². The number of carbonyl (C=O) groups excluding carboxylic acids is 2. The van der Waals surface area contributed by atoms with Gasteiger partial charge >= 0.3 is 0 Å². The summed E-state index contributed by atoms with van der Waals surface area (Å²) in [6, 6.07) is 25.3. The Morgan fingerprint density at radius 1 is 0.971 bits per heavy atom. The Morgan fingerprint density at radius 2 is 1.56 bits per heavy atom. The lowest BCUT2D eigenvalue weighted by Crippen LogP contribution is -2.44. The molecule has 2 amide bonds. The van der Waals surface area contributed by atoms with Gasteiger partial charge in [-0.3, -0.25) is 14.5 Å². The minimum atomic E-state index is -0.734. The number of nitrogens with one attached hydrogen (secondary N) is 1. The van der Waals surface area contributed by atoms with E-state index in [9.17, 15) is 9.59 Å². The molecule has 4 nitrogen and oxygen atoms in total. The van der Waals surface area contributed by atoms with Crippen molar-refractivity contribution < 1.29 is 9.59 Å². The number of thioether (sulfide) groups is 1. The molecule has 0 aliphatic carbocycles. The second-order valence-corrected chi connectivity index (χ2v) is 9.94. The van der Waals surface area contributed by atoms with Gasteiger partial charge < -0.3 is 5.32 Å². The van der Waals surface area contributed by atoms with Gasteiger partial charge in [-0.25, -0.2) is 0 Å². The molecule has 1 aliphatic heterocycles. The highest BCUT2D eigenvalue weighted by molar-refractivity contribution is 8.26. The molecule has 1 fully saturated rings. The molecule has 0 saturated carbocycles. The van der Waals surface area contributed by atoms with Crippen molar-refractivity contribution in [3.05, 3.63) is 94.9 Å². The fourth-order valence-electron chi connectivity index (χ4n) is 4.22. The van der Waals surface area contributed by atoms with Crippen molar-refractivity contribution in [1.82, 2.24) is 4.90 Å². The average Bonchev–Trinajstić information content (AvgIpc) is 3.12. The number of carbonyl (C=O) groups is 2. The summed E-state index contributed by atoms with van der Waals surface area (Å²) >= 11 is 6.77. The van der Waals surface area contributed by atoms with Crippen molar-refractivity contribution in [2.24, 2.45) is 0 Å². The Bertz CT molecular complexity index is 1460. The van der Waals surface area contributed by atoms with E-state index in [2.05, 4.69) is 35.6 Å². The minimum Gasteiger partial charge on any atom is -0.324 e. The number of hydrogen-bond acceptors (Lipinski definition) is 4. The quantitative estimate of drug-likeness (QED) is 0.204. The van der Waals surface area contributed by atoms with Crippen LogP contribution in [0.2, 0.25) is 0 Å². The predicted molar refractivity (Wildman–Crippen MR) is 146 cm³/mol. The van der Waals surface area contributed by atoms with Crippen molar-refractivity contribution >= 4 is 73.4 Å². The third-order valence-corrected chi connectivity index (χ3v) is 7.41. The van der Waals surface area contributed by atoms with E-state index in [4.69, 9.17) is 12.2 Å². The Hall–Kier alpha value is -3.48. The minimum absolute atomic E-state index is 0.251. The molecule has 0 aromatic heterocycles. The largest absolute Gasteiger partial charge is 0.324 e. The number of nitrogens with zero attached hydrogens (tertiary/aromatic N) is 1. The molecular formula is C28H22N2O2S2. The summed E-state index contributed by atoms with van der Waals surface area (Å²) in [4.78, 5) is 28.3. The molecule has 0 bridgehead atoms. The zero-order chi connectivity index (χ0) is 23.8. The highest BCUT2D eigenvalue weighted by atomic mass is 32.2. The number of anilines is 1. The number of hydrogen-bond donors (Lipinski definition) is 1. The first-order chi connectivity index (χ1) is 16.4. The van der Waals surface area contributed by atoms with Crippen LogP contribution in [0.15, 0.2) is 83.8 Å². The Kier molecular flexibility index (Phi) is 5.94. The van der Waals surface area contributed by atoms with E-state index in [0.29, 0.717) is 9.23 Å². The van der Waals surface area contributed by atoms with Gasteiger partial charge in [0, 0.05) is 5.69 Å². The van der Waals surface area contributed by atoms with Gasteiger partial charge in [-0.1, -0.05) is 90.7 Å². The summed E-state index contributed by atoms with van der Waals surface area (Å²) in [6.45, 7) is 3.63. The summed E-state index contributed by atoms with van der Waals surface area (Å²) < 4.78 is 0.383.